The third kappa shape index (κ3) is 1.50. The van der Waals surface area contributed by atoms with Crippen LogP contribution in [0.25, 0.3) is 0 Å². The molecule has 1 atom stereocenters. The highest BCUT2D eigenvalue weighted by molar-refractivity contribution is 5.31. The zero-order chi connectivity index (χ0) is 11.0. The topological polar surface area (TPSA) is 87.0 Å². The van der Waals surface area contributed by atoms with Gasteiger partial charge in [0.15, 0.2) is 0 Å². The van der Waals surface area contributed by atoms with Gasteiger partial charge < -0.3 is 20.4 Å². The van der Waals surface area contributed by atoms with E-state index in [2.05, 4.69) is 4.98 Å². The van der Waals surface area contributed by atoms with Crippen LogP contribution in [0.2, 0.25) is 0 Å². The number of rotatable bonds is 2. The summed E-state index contributed by atoms with van der Waals surface area (Å²) in [5.41, 5.74) is 6.39. The van der Waals surface area contributed by atoms with Crippen molar-refractivity contribution in [3.63, 3.8) is 0 Å². The summed E-state index contributed by atoms with van der Waals surface area (Å²) < 4.78 is 1.93. The van der Waals surface area contributed by atoms with Crippen LogP contribution in [0.1, 0.15) is 30.4 Å². The largest absolute Gasteiger partial charge is 0.385 e. The Morgan fingerprint density at radius 3 is 3.07 bits per heavy atom. The van der Waals surface area contributed by atoms with E-state index in [1.165, 1.54) is 0 Å². The minimum Gasteiger partial charge on any atom is -0.358 e. The first kappa shape index (κ1) is 10.1. The van der Waals surface area contributed by atoms with Gasteiger partial charge in [-0.1, -0.05) is 0 Å². The lowest BCUT2D eigenvalue weighted by atomic mass is 10.0. The maximum absolute atomic E-state index is 10.8. The molecule has 0 saturated carbocycles. The second kappa shape index (κ2) is 3.62. The van der Waals surface area contributed by atoms with Gasteiger partial charge in [0.25, 0.3) is 0 Å². The van der Waals surface area contributed by atoms with Crippen LogP contribution in [0.4, 0.5) is 5.82 Å². The van der Waals surface area contributed by atoms with Gasteiger partial charge in [-0.25, -0.2) is 0 Å². The number of nitro groups is 1. The van der Waals surface area contributed by atoms with Crippen LogP contribution >= 0.6 is 0 Å². The molecule has 0 spiro atoms. The molecule has 2 rings (SSSR count). The van der Waals surface area contributed by atoms with Crippen molar-refractivity contribution in [3.8, 4) is 0 Å². The summed E-state index contributed by atoms with van der Waals surface area (Å²) in [5.74, 6) is 0.706. The number of fused-ring (bicyclic) bond motifs is 1. The van der Waals surface area contributed by atoms with Crippen molar-refractivity contribution in [2.75, 3.05) is 6.54 Å². The number of nitrogens with zero attached hydrogens (tertiary/aromatic N) is 3. The molecular weight excluding hydrogens is 196 g/mol. The molecule has 0 fully saturated rings. The summed E-state index contributed by atoms with van der Waals surface area (Å²) in [6.07, 6.45) is 2.67. The molecule has 1 unspecified atom stereocenters. The van der Waals surface area contributed by atoms with E-state index in [0.717, 1.165) is 25.0 Å². The van der Waals surface area contributed by atoms with E-state index in [1.807, 2.05) is 4.57 Å². The Morgan fingerprint density at radius 1 is 1.73 bits per heavy atom. The molecule has 0 aromatic carbocycles. The van der Waals surface area contributed by atoms with Gasteiger partial charge in [-0.2, -0.15) is 0 Å². The molecule has 0 saturated heterocycles. The predicted molar refractivity (Wildman–Crippen MR) is 54.6 cm³/mol. The van der Waals surface area contributed by atoms with Gasteiger partial charge in [-0.15, -0.1) is 0 Å². The molecule has 1 aliphatic heterocycles. The number of nitrogens with two attached hydrogens (primary N) is 1. The van der Waals surface area contributed by atoms with Crippen LogP contribution in [0.3, 0.4) is 0 Å². The molecule has 2 N–H and O–H groups in total. The molecule has 15 heavy (non-hydrogen) atoms. The maximum Gasteiger partial charge on any atom is 0.385 e. The van der Waals surface area contributed by atoms with E-state index < -0.39 is 4.92 Å². The molecule has 1 aromatic heterocycles. The first-order valence-electron chi connectivity index (χ1n) is 5.07. The molecule has 0 bridgehead atoms. The van der Waals surface area contributed by atoms with Crippen LogP contribution in [0, 0.1) is 17.0 Å². The number of imidazole rings is 1. The van der Waals surface area contributed by atoms with Crippen molar-refractivity contribution in [2.24, 2.45) is 5.73 Å². The SMILES string of the molecule is Cc1nc([N+](=O)[O-])c2n1C(CN)CCC2. The van der Waals surface area contributed by atoms with Crippen LogP contribution in [0.15, 0.2) is 0 Å². The predicted octanol–water partition coefficient (Wildman–Crippen LogP) is 0.936. The van der Waals surface area contributed by atoms with Gasteiger partial charge in [0, 0.05) is 19.5 Å². The summed E-state index contributed by atoms with van der Waals surface area (Å²) >= 11 is 0. The van der Waals surface area contributed by atoms with E-state index >= 15 is 0 Å². The Kier molecular flexibility index (Phi) is 2.44. The lowest BCUT2D eigenvalue weighted by Gasteiger charge is -2.23. The third-order valence-corrected chi connectivity index (χ3v) is 2.93. The molecule has 0 aliphatic carbocycles. The van der Waals surface area contributed by atoms with Crippen molar-refractivity contribution < 1.29 is 4.92 Å². The number of aryl methyl sites for hydroxylation is 1. The van der Waals surface area contributed by atoms with Gasteiger partial charge in [-0.05, 0) is 29.2 Å². The summed E-state index contributed by atoms with van der Waals surface area (Å²) in [6, 6.07) is 0.176. The smallest absolute Gasteiger partial charge is 0.358 e. The molecule has 0 radical (unpaired) electrons. The number of hydrogen-bond acceptors (Lipinski definition) is 4. The van der Waals surface area contributed by atoms with Gasteiger partial charge in [0.05, 0.1) is 0 Å². The fourth-order valence-electron chi connectivity index (χ4n) is 2.30. The van der Waals surface area contributed by atoms with E-state index in [1.54, 1.807) is 6.92 Å². The average Bonchev–Trinajstić information content (AvgIpc) is 2.56. The summed E-state index contributed by atoms with van der Waals surface area (Å²) in [4.78, 5) is 14.4. The Hall–Kier alpha value is -1.43. The molecule has 82 valence electrons. The van der Waals surface area contributed by atoms with E-state index in [9.17, 15) is 10.1 Å². The first-order valence-corrected chi connectivity index (χ1v) is 5.07. The molecular formula is C9H14N4O2. The zero-order valence-corrected chi connectivity index (χ0v) is 8.64. The standard InChI is InChI=1S/C9H14N4O2/c1-6-11-9(13(14)15)8-4-2-3-7(5-10)12(6)8/h7H,2-5,10H2,1H3. The van der Waals surface area contributed by atoms with Crippen LogP contribution < -0.4 is 5.73 Å². The summed E-state index contributed by atoms with van der Waals surface area (Å²) in [6.45, 7) is 2.31. The van der Waals surface area contributed by atoms with Crippen LogP contribution in [0.5, 0.6) is 0 Å². The van der Waals surface area contributed by atoms with Crippen molar-refractivity contribution in [3.05, 3.63) is 21.6 Å². The minimum absolute atomic E-state index is 0.00523. The average molecular weight is 210 g/mol. The highest BCUT2D eigenvalue weighted by Gasteiger charge is 2.31. The number of aromatic nitrogens is 2. The van der Waals surface area contributed by atoms with Gasteiger partial charge in [0.2, 0.25) is 5.82 Å². The summed E-state index contributed by atoms with van der Waals surface area (Å²) in [5, 5.41) is 10.8. The minimum atomic E-state index is -0.405. The Bertz CT molecular complexity index is 399. The third-order valence-electron chi connectivity index (χ3n) is 2.93. The molecule has 6 nitrogen and oxygen atoms in total. The Morgan fingerprint density at radius 2 is 2.47 bits per heavy atom. The monoisotopic (exact) mass is 210 g/mol. The maximum atomic E-state index is 10.8. The van der Waals surface area contributed by atoms with Crippen molar-refractivity contribution in [2.45, 2.75) is 32.2 Å². The van der Waals surface area contributed by atoms with Crippen molar-refractivity contribution in [1.82, 2.24) is 9.55 Å². The molecule has 6 heteroatoms. The van der Waals surface area contributed by atoms with Crippen molar-refractivity contribution >= 4 is 5.82 Å². The van der Waals surface area contributed by atoms with Crippen molar-refractivity contribution in [1.29, 1.82) is 0 Å². The highest BCUT2D eigenvalue weighted by Crippen LogP contribution is 2.31. The molecule has 0 amide bonds. The Labute approximate surface area is 87.2 Å². The second-order valence-electron chi connectivity index (χ2n) is 3.84. The molecule has 1 aromatic rings. The van der Waals surface area contributed by atoms with Crippen LogP contribution in [-0.4, -0.2) is 21.0 Å². The van der Waals surface area contributed by atoms with Gasteiger partial charge in [0.1, 0.15) is 5.69 Å². The molecule has 1 aliphatic rings. The van der Waals surface area contributed by atoms with Crippen LogP contribution in [-0.2, 0) is 6.42 Å². The molecule has 2 heterocycles. The van der Waals surface area contributed by atoms with E-state index in [4.69, 9.17) is 5.73 Å². The van der Waals surface area contributed by atoms with Gasteiger partial charge >= 0.3 is 5.82 Å². The summed E-state index contributed by atoms with van der Waals surface area (Å²) in [7, 11) is 0. The number of hydrogen-bond donors (Lipinski definition) is 1. The zero-order valence-electron chi connectivity index (χ0n) is 8.64. The van der Waals surface area contributed by atoms with Gasteiger partial charge in [-0.3, -0.25) is 0 Å². The first-order chi connectivity index (χ1) is 7.15. The highest BCUT2D eigenvalue weighted by atomic mass is 16.6. The Balaban J connectivity index is 2.53. The van der Waals surface area contributed by atoms with E-state index in [-0.39, 0.29) is 11.9 Å². The quantitative estimate of drug-likeness (QED) is 0.581. The lowest BCUT2D eigenvalue weighted by Crippen LogP contribution is -2.25. The fourth-order valence-corrected chi connectivity index (χ4v) is 2.30. The lowest BCUT2D eigenvalue weighted by molar-refractivity contribution is -0.390. The normalized spacial score (nSPS) is 20.0. The fraction of sp³-hybridized carbons (Fsp3) is 0.667. The second-order valence-corrected chi connectivity index (χ2v) is 3.84. The van der Waals surface area contributed by atoms with E-state index in [0.29, 0.717) is 12.4 Å².